The predicted octanol–water partition coefficient (Wildman–Crippen LogP) is 19.9. The summed E-state index contributed by atoms with van der Waals surface area (Å²) in [5.41, 5.74) is 13.2. The summed E-state index contributed by atoms with van der Waals surface area (Å²) in [5.74, 6) is 6.60. The highest BCUT2D eigenvalue weighted by Gasteiger charge is 2.56. The number of furan rings is 3. The molecule has 14 aliphatic heterocycles. The minimum absolute atomic E-state index is 0.0103. The van der Waals surface area contributed by atoms with E-state index in [9.17, 15) is 19.2 Å². The third kappa shape index (κ3) is 23.2. The summed E-state index contributed by atoms with van der Waals surface area (Å²) in [6.07, 6.45) is 33.0. The van der Waals surface area contributed by atoms with Crippen LogP contribution < -0.4 is 23.5 Å². The van der Waals surface area contributed by atoms with Crippen LogP contribution in [0, 0.1) is 23.7 Å². The number of allylic oxidation sites excluding steroid dienone is 2. The molecular weight excluding hydrogens is 1790 g/mol. The molecule has 26 heteroatoms. The molecule has 0 aliphatic carbocycles. The molecule has 7 atom stereocenters. The van der Waals surface area contributed by atoms with Gasteiger partial charge in [0.15, 0.2) is 35.5 Å². The van der Waals surface area contributed by atoms with Crippen molar-refractivity contribution in [2.75, 3.05) is 120 Å². The first-order valence-electron chi connectivity index (χ1n) is 52.3. The maximum absolute atomic E-state index is 13.7. The van der Waals surface area contributed by atoms with Crippen LogP contribution in [0.15, 0.2) is 225 Å². The summed E-state index contributed by atoms with van der Waals surface area (Å²) in [5, 5.41) is 2.90. The number of aromatic nitrogens is 4. The zero-order chi connectivity index (χ0) is 100. The summed E-state index contributed by atoms with van der Waals surface area (Å²) >= 11 is 0. The fourth-order valence-corrected chi connectivity index (χ4v) is 23.8. The summed E-state index contributed by atoms with van der Waals surface area (Å²) in [6, 6.07) is 50.3. The predicted molar refractivity (Wildman–Crippen MR) is 562 cm³/mol. The number of piperidine rings is 10. The average Bonchev–Trinajstić information content (AvgIpc) is 1.65. The van der Waals surface area contributed by atoms with Crippen molar-refractivity contribution in [2.24, 2.45) is 28.7 Å². The fraction of sp³-hybridized carbons (Fsp3) is 0.487. The normalized spacial score (nSPS) is 24.4. The van der Waals surface area contributed by atoms with E-state index < -0.39 is 0 Å². The van der Waals surface area contributed by atoms with Crippen LogP contribution in [0.4, 0.5) is 4.79 Å². The van der Waals surface area contributed by atoms with Crippen molar-refractivity contribution in [3.8, 4) is 23.0 Å². The van der Waals surface area contributed by atoms with Gasteiger partial charge < -0.3 is 66.3 Å². The molecule has 1 spiro atoms. The first-order chi connectivity index (χ1) is 69.2. The first kappa shape index (κ1) is 102. The van der Waals surface area contributed by atoms with Crippen molar-refractivity contribution in [2.45, 2.75) is 226 Å². The van der Waals surface area contributed by atoms with Crippen molar-refractivity contribution < 1.29 is 65.3 Å². The number of fused-ring (bicyclic) bond motifs is 13. The molecule has 12 fully saturated rings. The molecule has 12 saturated heterocycles. The SMILES string of the molecule is CC(C)N(C(=O)c1cc2ccccc2o1)C1C2CCN(CC2)C1Cc1cccnc1.CC(C)N(C(=O)c1cc2ccccc2o1)[C@H]1CN2CCC1CC2.CC(C)N(C(=O)c1cc2ccoc2cn1)[C@H]1CN2CC[C@H]1C2.CC(C)N1C[C@@]2(CN3CCC2CC3)OC1=O.COc1ccc(/C=C2\CCCN=C2c2ccc[n+](C(C)C)c2)c(OC)c1.COc1ccc(/C=C2\CCC[N+](C(C)C)=C2c2cccnc2)c(OC)c1. The lowest BCUT2D eigenvalue weighted by atomic mass is 9.75. The van der Waals surface area contributed by atoms with E-state index in [1.54, 1.807) is 40.9 Å². The maximum atomic E-state index is 13.7. The first-order valence-corrected chi connectivity index (χ1v) is 52.3. The molecule has 0 N–H and O–H groups in total. The molecule has 0 radical (unpaired) electrons. The third-order valence-corrected chi connectivity index (χ3v) is 31.1. The molecule has 21 heterocycles. The molecule has 11 aromatic rings. The summed E-state index contributed by atoms with van der Waals surface area (Å²) in [4.78, 5) is 87.6. The van der Waals surface area contributed by atoms with Gasteiger partial charge in [0.2, 0.25) is 5.71 Å². The van der Waals surface area contributed by atoms with Gasteiger partial charge in [-0.15, -0.1) is 0 Å². The fourth-order valence-electron chi connectivity index (χ4n) is 23.8. The molecule has 7 aromatic heterocycles. The largest absolute Gasteiger partial charge is 0.497 e. The van der Waals surface area contributed by atoms with Gasteiger partial charge >= 0.3 is 6.09 Å². The van der Waals surface area contributed by atoms with Gasteiger partial charge in [0, 0.05) is 163 Å². The number of methoxy groups -OCH3 is 4. The highest BCUT2D eigenvalue weighted by atomic mass is 16.6. The third-order valence-electron chi connectivity index (χ3n) is 31.1. The molecule has 25 rings (SSSR count). The number of ether oxygens (including phenoxy) is 5. The Balaban J connectivity index is 0.000000119. The van der Waals surface area contributed by atoms with Gasteiger partial charge in [-0.2, -0.15) is 0 Å². The molecule has 4 aromatic carbocycles. The summed E-state index contributed by atoms with van der Waals surface area (Å²) in [6.45, 7) is 40.6. The van der Waals surface area contributed by atoms with Gasteiger partial charge in [-0.1, -0.05) is 42.5 Å². The van der Waals surface area contributed by atoms with E-state index in [0.717, 1.165) is 177 Å². The monoisotopic (exact) mass is 1940 g/mol. The second-order valence-electron chi connectivity index (χ2n) is 42.0. The Morgan fingerprint density at radius 3 is 1.64 bits per heavy atom. The van der Waals surface area contributed by atoms with Gasteiger partial charge in [-0.05, 0) is 325 Å². The van der Waals surface area contributed by atoms with E-state index in [-0.39, 0.29) is 59.6 Å². The number of rotatable bonds is 22. The topological polar surface area (TPSA) is 238 Å². The van der Waals surface area contributed by atoms with Crippen LogP contribution in [-0.4, -0.2) is 274 Å². The lowest BCUT2D eigenvalue weighted by Gasteiger charge is -2.55. The van der Waals surface area contributed by atoms with E-state index in [2.05, 4.69) is 191 Å². The van der Waals surface area contributed by atoms with E-state index in [1.165, 1.54) is 98.4 Å². The number of pyridine rings is 4. The molecule has 14 aliphatic rings. The van der Waals surface area contributed by atoms with Crippen molar-refractivity contribution in [1.29, 1.82) is 0 Å². The van der Waals surface area contributed by atoms with Gasteiger partial charge in [0.1, 0.15) is 58.0 Å². The lowest BCUT2D eigenvalue weighted by Crippen LogP contribution is -2.66. The van der Waals surface area contributed by atoms with E-state index in [1.807, 2.05) is 150 Å². The lowest BCUT2D eigenvalue weighted by molar-refractivity contribution is -0.716. The Morgan fingerprint density at radius 2 is 1.10 bits per heavy atom. The van der Waals surface area contributed by atoms with E-state index in [4.69, 9.17) is 41.9 Å². The summed E-state index contributed by atoms with van der Waals surface area (Å²) in [7, 11) is 6.72. The number of hydrogen-bond donors (Lipinski definition) is 0. The Kier molecular flexibility index (Phi) is 32.9. The standard InChI is InChI=1S/C25H29N3O2.2C22H27N2O2.C19H24N2O2.C17H21N3O2.C12H20N2O2/c1-17(2)28(25(29)23-15-20-7-3-4-8-22(20)30-23)24-19-9-12-27(13-10-19)21(24)14-18-6-5-11-26-16-18;1-16(2)24-12-6-8-18(22(24)19-7-5-11-23-15-19)13-17-9-10-20(25-3)14-21(17)26-4;1-16(2)24-12-6-8-19(15-24)22-18(7-5-11-23-22)13-17-9-10-20(25-3)14-21(17)26-4;1-13(2)21(16-12-20-9-7-14(16)8-10-20)19(22)18-11-15-5-3-4-6-17(15)23-18;1-11(2)20(15-10-19-5-3-13(15)9-19)17(21)14-7-12-4-6-22-16(12)8-18-14;1-9(2)14-8-12(16-11(14)15)7-13-5-3-10(12)4-6-13/h3-8,11,15-17,19,21,24H,9-10,12-14H2,1-2H3;5,7,9-11,13-16H,6,8,12H2,1-4H3;6,8-10,12-16H,5,7,11H2,1-4H3;3-6,11,13-14,16H,7-10,12H2,1-2H3;4,6-8,11,13,15H,3,5,9-10H2,1-2H3;9-10H,3-8H2,1-2H3/q;2*+1;;;/b;2*18-13+;;;/t;;;16-;13-,15-;12-/m...001/s1. The molecule has 4 amide bonds. The van der Waals surface area contributed by atoms with Crippen molar-refractivity contribution in [1.82, 2.24) is 54.2 Å². The molecule has 0 saturated carbocycles. The van der Waals surface area contributed by atoms with E-state index >= 15 is 0 Å². The van der Waals surface area contributed by atoms with Crippen molar-refractivity contribution >= 4 is 80.3 Å². The van der Waals surface area contributed by atoms with Crippen LogP contribution in [0.5, 0.6) is 23.0 Å². The Morgan fingerprint density at radius 1 is 0.524 bits per heavy atom. The average molecular weight is 1940 g/mol. The number of hydrogen-bond acceptors (Lipinski definition) is 20. The van der Waals surface area contributed by atoms with Crippen LogP contribution in [0.2, 0.25) is 0 Å². The quantitative estimate of drug-likeness (QED) is 0.0573. The number of carbonyl (C=O) groups excluding carboxylic acids is 4. The van der Waals surface area contributed by atoms with Crippen LogP contribution in [0.25, 0.3) is 45.1 Å². The zero-order valence-corrected chi connectivity index (χ0v) is 86.8. The molecule has 3 unspecified atom stereocenters. The van der Waals surface area contributed by atoms with Gasteiger partial charge in [-0.3, -0.25) is 39.1 Å². The number of nitrogens with zero attached hydrogens (tertiary/aromatic N) is 14. The minimum atomic E-state index is -0.183. The van der Waals surface area contributed by atoms with E-state index in [0.29, 0.717) is 71.1 Å². The van der Waals surface area contributed by atoms with Gasteiger partial charge in [0.25, 0.3) is 17.7 Å². The highest BCUT2D eigenvalue weighted by molar-refractivity contribution is 6.15. The molecular formula is C117H148N14O12+2. The van der Waals surface area contributed by atoms with Crippen LogP contribution in [0.3, 0.4) is 0 Å². The van der Waals surface area contributed by atoms with Crippen molar-refractivity contribution in [3.63, 3.8) is 0 Å². The van der Waals surface area contributed by atoms with Crippen LogP contribution in [-0.2, 0) is 11.2 Å². The molecule has 8 bridgehead atoms. The molecule has 143 heavy (non-hydrogen) atoms. The highest BCUT2D eigenvalue weighted by Crippen LogP contribution is 2.45. The zero-order valence-electron chi connectivity index (χ0n) is 86.8. The minimum Gasteiger partial charge on any atom is -0.497 e. The maximum Gasteiger partial charge on any atom is 0.410 e. The Labute approximate surface area is 844 Å². The van der Waals surface area contributed by atoms with Crippen LogP contribution in [0.1, 0.15) is 219 Å². The second-order valence-corrected chi connectivity index (χ2v) is 42.0. The van der Waals surface area contributed by atoms with Gasteiger partial charge in [0.05, 0.1) is 70.3 Å². The Bertz CT molecular complexity index is 6270. The summed E-state index contributed by atoms with van der Waals surface area (Å²) < 4.78 is 49.3. The Hall–Kier alpha value is -12.4. The second kappa shape index (κ2) is 46.1. The number of aliphatic imine (C=N–C) groups is 1. The van der Waals surface area contributed by atoms with Gasteiger partial charge in [-0.25, -0.2) is 18.9 Å². The number of benzene rings is 4. The van der Waals surface area contributed by atoms with Crippen LogP contribution >= 0.6 is 0 Å². The molecule has 756 valence electrons. The number of carbonyl (C=O) groups is 4. The smallest absolute Gasteiger partial charge is 0.410 e. The molecule has 26 nitrogen and oxygen atoms in total. The number of para-hydroxylation sites is 2. The van der Waals surface area contributed by atoms with Crippen molar-refractivity contribution in [3.05, 3.63) is 251 Å². The number of amides is 4.